The number of aliphatic hydroxyl groups is 3. The predicted octanol–water partition coefficient (Wildman–Crippen LogP) is 1.81. The largest absolute Gasteiger partial charge is 0.487 e. The molecule has 3 aliphatic rings. The van der Waals surface area contributed by atoms with Gasteiger partial charge in [-0.1, -0.05) is 0 Å². The third-order valence-electron chi connectivity index (χ3n) is 7.82. The molecule has 0 aromatic heterocycles. The van der Waals surface area contributed by atoms with Gasteiger partial charge in [-0.05, 0) is 80.1 Å². The topological polar surface area (TPSA) is 127 Å². The van der Waals surface area contributed by atoms with Crippen LogP contribution in [0.3, 0.4) is 0 Å². The summed E-state index contributed by atoms with van der Waals surface area (Å²) in [4.78, 5) is 11.4. The zero-order valence-corrected chi connectivity index (χ0v) is 22.2. The number of carbonyl (C=O) groups is 1. The Morgan fingerprint density at radius 3 is 2.27 bits per heavy atom. The summed E-state index contributed by atoms with van der Waals surface area (Å²) in [6.07, 6.45) is -3.79. The van der Waals surface area contributed by atoms with Crippen molar-refractivity contribution in [2.45, 2.75) is 87.5 Å². The van der Waals surface area contributed by atoms with Crippen molar-refractivity contribution < 1.29 is 47.8 Å². The Kier molecular flexibility index (Phi) is 8.69. The van der Waals surface area contributed by atoms with Gasteiger partial charge in [-0.15, -0.1) is 0 Å². The highest BCUT2D eigenvalue weighted by atomic mass is 19.1. The van der Waals surface area contributed by atoms with Gasteiger partial charge < -0.3 is 44.4 Å². The summed E-state index contributed by atoms with van der Waals surface area (Å²) in [6.45, 7) is 1.71. The molecule has 8 unspecified atom stereocenters. The van der Waals surface area contributed by atoms with Crippen LogP contribution in [-0.2, 0) is 27.1 Å². The molecule has 0 aliphatic carbocycles. The molecule has 9 nitrogen and oxygen atoms in total. The van der Waals surface area contributed by atoms with Gasteiger partial charge in [0.25, 0.3) is 0 Å². The van der Waals surface area contributed by atoms with Crippen molar-refractivity contribution in [1.29, 1.82) is 0 Å². The maximum absolute atomic E-state index is 13.7. The molecular weight excluding hydrogens is 528 g/mol. The summed E-state index contributed by atoms with van der Waals surface area (Å²) in [5, 5.41) is 35.4. The van der Waals surface area contributed by atoms with Crippen molar-refractivity contribution in [2.75, 3.05) is 13.1 Å². The van der Waals surface area contributed by atoms with Crippen LogP contribution >= 0.6 is 0 Å². The number of aliphatic hydroxyl groups excluding tert-OH is 2. The fourth-order valence-electron chi connectivity index (χ4n) is 5.54. The Morgan fingerprint density at radius 2 is 1.65 bits per heavy atom. The minimum absolute atomic E-state index is 0.0807. The highest BCUT2D eigenvalue weighted by Gasteiger charge is 2.47. The molecule has 0 amide bonds. The summed E-state index contributed by atoms with van der Waals surface area (Å²) in [5.74, 6) is 0.367. The molecule has 8 atom stereocenters. The van der Waals surface area contributed by atoms with E-state index in [2.05, 4.69) is 5.32 Å². The summed E-state index contributed by atoms with van der Waals surface area (Å²) >= 11 is 0. The van der Waals surface area contributed by atoms with Gasteiger partial charge in [-0.3, -0.25) is 0 Å². The van der Waals surface area contributed by atoms with Crippen LogP contribution in [0.25, 0.3) is 0 Å². The van der Waals surface area contributed by atoms with Crippen molar-refractivity contribution in [3.63, 3.8) is 0 Å². The lowest BCUT2D eigenvalue weighted by atomic mass is 9.89. The van der Waals surface area contributed by atoms with Gasteiger partial charge in [0.05, 0.1) is 5.60 Å². The molecule has 218 valence electrons. The van der Waals surface area contributed by atoms with E-state index in [1.165, 1.54) is 31.2 Å². The zero-order chi connectivity index (χ0) is 28.4. The normalized spacial score (nSPS) is 31.2. The lowest BCUT2D eigenvalue weighted by molar-refractivity contribution is -0.300. The molecule has 0 spiro atoms. The third-order valence-corrected chi connectivity index (χ3v) is 7.82. The lowest BCUT2D eigenvalue weighted by Gasteiger charge is -2.43. The Labute approximate surface area is 231 Å². The van der Waals surface area contributed by atoms with E-state index < -0.39 is 48.5 Å². The monoisotopic (exact) mass is 563 g/mol. The number of rotatable bonds is 9. The molecule has 40 heavy (non-hydrogen) atoms. The van der Waals surface area contributed by atoms with Gasteiger partial charge in [0.1, 0.15) is 66.0 Å². The van der Waals surface area contributed by atoms with E-state index >= 15 is 0 Å². The van der Waals surface area contributed by atoms with Crippen molar-refractivity contribution in [3.8, 4) is 11.5 Å². The van der Waals surface area contributed by atoms with E-state index in [1.54, 1.807) is 12.1 Å². The number of hydrogen-bond acceptors (Lipinski definition) is 9. The van der Waals surface area contributed by atoms with E-state index in [0.717, 1.165) is 11.1 Å². The van der Waals surface area contributed by atoms with Gasteiger partial charge in [-0.25, -0.2) is 8.78 Å². The maximum Gasteiger partial charge on any atom is 0.187 e. The predicted molar refractivity (Wildman–Crippen MR) is 138 cm³/mol. The molecule has 4 N–H and O–H groups in total. The average molecular weight is 564 g/mol. The van der Waals surface area contributed by atoms with E-state index in [4.69, 9.17) is 18.9 Å². The molecule has 0 saturated carbocycles. The molecule has 1 fully saturated rings. The lowest BCUT2D eigenvalue weighted by Crippen LogP contribution is -2.59. The molecule has 0 radical (unpaired) electrons. The number of nitrogens with one attached hydrogen (secondary N) is 1. The molecule has 2 aromatic carbocycles. The van der Waals surface area contributed by atoms with Crippen molar-refractivity contribution in [2.24, 2.45) is 0 Å². The van der Waals surface area contributed by atoms with Gasteiger partial charge in [0, 0.05) is 19.5 Å². The minimum atomic E-state index is -1.61. The average Bonchev–Trinajstić information content (AvgIpc) is 2.93. The van der Waals surface area contributed by atoms with E-state index in [9.17, 15) is 28.9 Å². The van der Waals surface area contributed by atoms with E-state index in [-0.39, 0.29) is 31.1 Å². The van der Waals surface area contributed by atoms with Crippen molar-refractivity contribution in [3.05, 3.63) is 59.2 Å². The number of carbonyl (C=O) groups excluding carboxylic acids is 1. The maximum atomic E-state index is 13.7. The first-order chi connectivity index (χ1) is 19.1. The summed E-state index contributed by atoms with van der Waals surface area (Å²) in [5.41, 5.74) is -0.126. The summed E-state index contributed by atoms with van der Waals surface area (Å²) in [6, 6.07) is 8.59. The van der Waals surface area contributed by atoms with Crippen LogP contribution < -0.4 is 14.8 Å². The third kappa shape index (κ3) is 6.45. The smallest absolute Gasteiger partial charge is 0.187 e. The van der Waals surface area contributed by atoms with Crippen LogP contribution in [-0.4, -0.2) is 83.2 Å². The number of fused-ring (bicyclic) bond motifs is 2. The van der Waals surface area contributed by atoms with Gasteiger partial charge >= 0.3 is 0 Å². The molecule has 0 bridgehead atoms. The molecule has 5 rings (SSSR count). The Hall–Kier alpha value is -2.67. The van der Waals surface area contributed by atoms with Gasteiger partial charge in [0.2, 0.25) is 0 Å². The molecule has 3 aliphatic heterocycles. The number of benzene rings is 2. The second-order valence-electron chi connectivity index (χ2n) is 11.0. The highest BCUT2D eigenvalue weighted by Crippen LogP contribution is 2.34. The van der Waals surface area contributed by atoms with Gasteiger partial charge in [0.15, 0.2) is 6.29 Å². The summed E-state index contributed by atoms with van der Waals surface area (Å²) < 4.78 is 51.0. The van der Waals surface area contributed by atoms with Crippen LogP contribution in [0, 0.1) is 11.6 Å². The van der Waals surface area contributed by atoms with Crippen molar-refractivity contribution in [1.82, 2.24) is 5.32 Å². The number of ether oxygens (including phenoxy) is 4. The Morgan fingerprint density at radius 1 is 1.05 bits per heavy atom. The first-order valence-corrected chi connectivity index (χ1v) is 13.6. The van der Waals surface area contributed by atoms with E-state index in [1.807, 2.05) is 0 Å². The number of aldehydes is 1. The van der Waals surface area contributed by atoms with Crippen LogP contribution in [0.2, 0.25) is 0 Å². The van der Waals surface area contributed by atoms with Gasteiger partial charge in [-0.2, -0.15) is 0 Å². The Balaban J connectivity index is 1.25. The van der Waals surface area contributed by atoms with Crippen LogP contribution in [0.4, 0.5) is 8.78 Å². The number of aryl methyl sites for hydroxylation is 2. The molecular formula is C29H35F2NO8. The SMILES string of the molecule is CC1(O)CC(C=O)OC(OC(CNCC(O)C2CCc3cc(F)ccc3O2)C2CCc3cc(F)ccc3O2)C1O. The first-order valence-electron chi connectivity index (χ1n) is 13.6. The first kappa shape index (κ1) is 28.8. The molecule has 3 heterocycles. The van der Waals surface area contributed by atoms with Crippen LogP contribution in [0.1, 0.15) is 37.3 Å². The molecule has 1 saturated heterocycles. The summed E-state index contributed by atoms with van der Waals surface area (Å²) in [7, 11) is 0. The second kappa shape index (κ2) is 12.1. The molecule has 11 heteroatoms. The molecule has 2 aromatic rings. The highest BCUT2D eigenvalue weighted by molar-refractivity contribution is 5.56. The second-order valence-corrected chi connectivity index (χ2v) is 11.0. The van der Waals surface area contributed by atoms with E-state index in [0.29, 0.717) is 43.5 Å². The quantitative estimate of drug-likeness (QED) is 0.338. The fourth-order valence-corrected chi connectivity index (χ4v) is 5.54. The van der Waals surface area contributed by atoms with Crippen LogP contribution in [0.15, 0.2) is 36.4 Å². The minimum Gasteiger partial charge on any atom is -0.487 e. The number of hydrogen-bond donors (Lipinski definition) is 4. The standard InChI is InChI=1S/C29H35F2NO8/c1-29(36)12-20(15-33)37-28(27(29)35)40-26(25-7-3-17-11-19(31)5-9-23(17)39-25)14-32-13-21(34)24-6-2-16-10-18(30)4-8-22(16)38-24/h4-5,8-11,15,20-21,24-28,32,34-36H,2-3,6-7,12-14H2,1H3. The van der Waals surface area contributed by atoms with Crippen molar-refractivity contribution >= 4 is 6.29 Å². The van der Waals surface area contributed by atoms with Crippen LogP contribution in [0.5, 0.6) is 11.5 Å². The Bertz CT molecular complexity index is 1200. The number of halogens is 2. The fraction of sp³-hybridized carbons (Fsp3) is 0.552. The zero-order valence-electron chi connectivity index (χ0n) is 22.2.